The normalized spacial score (nSPS) is 12.4. The maximum absolute atomic E-state index is 12.9. The lowest BCUT2D eigenvalue weighted by atomic mass is 10.1. The summed E-state index contributed by atoms with van der Waals surface area (Å²) in [7, 11) is 3.92. The van der Waals surface area contributed by atoms with E-state index >= 15 is 0 Å². The molecule has 0 saturated carbocycles. The van der Waals surface area contributed by atoms with Crippen LogP contribution < -0.4 is 10.6 Å². The van der Waals surface area contributed by atoms with Crippen LogP contribution in [0.3, 0.4) is 0 Å². The molecule has 0 heterocycles. The van der Waals surface area contributed by atoms with E-state index in [2.05, 4.69) is 10.6 Å². The number of benzene rings is 1. The fraction of sp³-hybridized carbons (Fsp3) is 0.474. The van der Waals surface area contributed by atoms with Crippen LogP contribution in [-0.4, -0.2) is 49.6 Å². The van der Waals surface area contributed by atoms with Crippen LogP contribution in [0.1, 0.15) is 25.8 Å². The number of ether oxygens (including phenoxy) is 1. The van der Waals surface area contributed by atoms with Crippen LogP contribution in [0.5, 0.6) is 0 Å². The van der Waals surface area contributed by atoms with E-state index in [9.17, 15) is 18.0 Å². The standard InChI is InChI=1S/C19H26F3N3O2S/c1-5-27-18(26)16(13(2)23-10-7-11-25(3)4)17(28)24-15-9-6-8-14(12-15)19(20,21)22/h6,8-9,12,23H,5,7,10-11H2,1-4H3,(H,24,28). The molecule has 9 heteroatoms. The third-order valence-corrected chi connectivity index (χ3v) is 4.01. The zero-order chi connectivity index (χ0) is 21.3. The molecule has 0 atom stereocenters. The van der Waals surface area contributed by atoms with Crippen molar-refractivity contribution in [3.63, 3.8) is 0 Å². The predicted molar refractivity (Wildman–Crippen MR) is 108 cm³/mol. The first-order valence-electron chi connectivity index (χ1n) is 8.81. The van der Waals surface area contributed by atoms with Crippen molar-refractivity contribution in [2.75, 3.05) is 39.1 Å². The van der Waals surface area contributed by atoms with Gasteiger partial charge in [-0.2, -0.15) is 13.2 Å². The highest BCUT2D eigenvalue weighted by Gasteiger charge is 2.30. The molecule has 0 unspecified atom stereocenters. The summed E-state index contributed by atoms with van der Waals surface area (Å²) in [6, 6.07) is 4.63. The average molecular weight is 417 g/mol. The zero-order valence-corrected chi connectivity index (χ0v) is 17.3. The maximum atomic E-state index is 12.9. The summed E-state index contributed by atoms with van der Waals surface area (Å²) in [6.45, 7) is 4.98. The molecule has 156 valence electrons. The highest BCUT2D eigenvalue weighted by molar-refractivity contribution is 7.81. The molecular formula is C19H26F3N3O2S. The minimum atomic E-state index is -4.47. The van der Waals surface area contributed by atoms with Crippen LogP contribution in [0.2, 0.25) is 0 Å². The van der Waals surface area contributed by atoms with Crippen molar-refractivity contribution in [1.29, 1.82) is 0 Å². The van der Waals surface area contributed by atoms with E-state index in [1.54, 1.807) is 13.8 Å². The minimum Gasteiger partial charge on any atom is -0.462 e. The second-order valence-electron chi connectivity index (χ2n) is 6.34. The van der Waals surface area contributed by atoms with Gasteiger partial charge in [0.05, 0.1) is 12.2 Å². The number of nitrogens with one attached hydrogen (secondary N) is 2. The Kier molecular flexibility index (Phi) is 9.40. The molecule has 1 rings (SSSR count). The van der Waals surface area contributed by atoms with Crippen LogP contribution in [0.15, 0.2) is 35.5 Å². The molecule has 0 aliphatic carbocycles. The molecule has 0 fully saturated rings. The zero-order valence-electron chi connectivity index (χ0n) is 16.4. The third kappa shape index (κ3) is 7.85. The lowest BCUT2D eigenvalue weighted by molar-refractivity contribution is -0.138. The number of alkyl halides is 3. The molecular weight excluding hydrogens is 391 g/mol. The summed E-state index contributed by atoms with van der Waals surface area (Å²) in [5, 5.41) is 5.83. The molecule has 5 nitrogen and oxygen atoms in total. The van der Waals surface area contributed by atoms with Gasteiger partial charge in [0, 0.05) is 17.9 Å². The fourth-order valence-corrected chi connectivity index (χ4v) is 2.70. The van der Waals surface area contributed by atoms with Crippen molar-refractivity contribution < 1.29 is 22.7 Å². The second kappa shape index (κ2) is 11.0. The van der Waals surface area contributed by atoms with Gasteiger partial charge in [-0.15, -0.1) is 0 Å². The van der Waals surface area contributed by atoms with Gasteiger partial charge in [0.2, 0.25) is 0 Å². The van der Waals surface area contributed by atoms with Gasteiger partial charge >= 0.3 is 12.1 Å². The first kappa shape index (κ1) is 23.9. The van der Waals surface area contributed by atoms with Gasteiger partial charge in [0.25, 0.3) is 0 Å². The van der Waals surface area contributed by atoms with E-state index in [0.29, 0.717) is 12.2 Å². The summed E-state index contributed by atoms with van der Waals surface area (Å²) in [5.74, 6) is -0.635. The number of nitrogens with zero attached hydrogens (tertiary/aromatic N) is 1. The Labute approximate surface area is 168 Å². The first-order chi connectivity index (χ1) is 13.1. The van der Waals surface area contributed by atoms with Crippen molar-refractivity contribution in [2.24, 2.45) is 0 Å². The molecule has 0 aromatic heterocycles. The Morgan fingerprint density at radius 3 is 2.54 bits per heavy atom. The van der Waals surface area contributed by atoms with Crippen molar-refractivity contribution in [1.82, 2.24) is 10.2 Å². The Bertz CT molecular complexity index is 719. The smallest absolute Gasteiger partial charge is 0.416 e. The number of halogens is 3. The molecule has 1 aromatic rings. The van der Waals surface area contributed by atoms with Crippen molar-refractivity contribution in [3.05, 3.63) is 41.1 Å². The van der Waals surface area contributed by atoms with E-state index in [-0.39, 0.29) is 22.9 Å². The second-order valence-corrected chi connectivity index (χ2v) is 6.75. The lowest BCUT2D eigenvalue weighted by Gasteiger charge is -2.17. The van der Waals surface area contributed by atoms with E-state index in [0.717, 1.165) is 25.1 Å². The number of thiocarbonyl (C=S) groups is 1. The number of anilines is 1. The molecule has 28 heavy (non-hydrogen) atoms. The van der Waals surface area contributed by atoms with Gasteiger partial charge in [-0.25, -0.2) is 4.79 Å². The van der Waals surface area contributed by atoms with Gasteiger partial charge in [-0.05, 0) is 59.1 Å². The van der Waals surface area contributed by atoms with Crippen LogP contribution in [-0.2, 0) is 15.7 Å². The topological polar surface area (TPSA) is 53.6 Å². The quantitative estimate of drug-likeness (QED) is 0.276. The molecule has 2 N–H and O–H groups in total. The summed E-state index contributed by atoms with van der Waals surface area (Å²) >= 11 is 5.28. The molecule has 0 spiro atoms. The minimum absolute atomic E-state index is 0.00427. The van der Waals surface area contributed by atoms with Crippen molar-refractivity contribution >= 4 is 28.9 Å². The number of carbonyl (C=O) groups excluding carboxylic acids is 1. The highest BCUT2D eigenvalue weighted by atomic mass is 32.1. The van der Waals surface area contributed by atoms with Crippen molar-refractivity contribution in [2.45, 2.75) is 26.4 Å². The number of hydrogen-bond acceptors (Lipinski definition) is 5. The largest absolute Gasteiger partial charge is 0.462 e. The fourth-order valence-electron chi connectivity index (χ4n) is 2.35. The van der Waals surface area contributed by atoms with Crippen LogP contribution in [0.25, 0.3) is 0 Å². The molecule has 0 radical (unpaired) electrons. The van der Waals surface area contributed by atoms with Crippen LogP contribution in [0.4, 0.5) is 18.9 Å². The van der Waals surface area contributed by atoms with E-state index in [4.69, 9.17) is 17.0 Å². The maximum Gasteiger partial charge on any atom is 0.416 e. The predicted octanol–water partition coefficient (Wildman–Crippen LogP) is 3.82. The third-order valence-electron chi connectivity index (χ3n) is 3.70. The molecule has 1 aromatic carbocycles. The number of hydrogen-bond donors (Lipinski definition) is 2. The first-order valence-corrected chi connectivity index (χ1v) is 9.22. The van der Waals surface area contributed by atoms with Gasteiger partial charge in [-0.3, -0.25) is 0 Å². The highest BCUT2D eigenvalue weighted by Crippen LogP contribution is 2.30. The van der Waals surface area contributed by atoms with E-state index < -0.39 is 17.7 Å². The lowest BCUT2D eigenvalue weighted by Crippen LogP contribution is -2.28. The Balaban J connectivity index is 2.99. The van der Waals surface area contributed by atoms with Gasteiger partial charge in [-0.1, -0.05) is 18.3 Å². The molecule has 0 aliphatic rings. The van der Waals surface area contributed by atoms with E-state index in [1.165, 1.54) is 12.1 Å². The Hall–Kier alpha value is -2.13. The molecule has 0 aliphatic heterocycles. The van der Waals surface area contributed by atoms with Crippen molar-refractivity contribution in [3.8, 4) is 0 Å². The number of esters is 1. The Morgan fingerprint density at radius 1 is 1.29 bits per heavy atom. The summed E-state index contributed by atoms with van der Waals surface area (Å²) < 4.78 is 43.7. The number of carbonyl (C=O) groups is 1. The van der Waals surface area contributed by atoms with Gasteiger partial charge in [0.15, 0.2) is 0 Å². The monoisotopic (exact) mass is 417 g/mol. The average Bonchev–Trinajstić information content (AvgIpc) is 2.58. The van der Waals surface area contributed by atoms with E-state index in [1.807, 2.05) is 19.0 Å². The van der Waals surface area contributed by atoms with Crippen LogP contribution in [0, 0.1) is 0 Å². The molecule has 0 saturated heterocycles. The Morgan fingerprint density at radius 2 is 1.96 bits per heavy atom. The van der Waals surface area contributed by atoms with Crippen LogP contribution >= 0.6 is 12.2 Å². The SMILES string of the molecule is CCOC(=O)C(C(=S)Nc1cccc(C(F)(F)F)c1)=C(C)NCCCN(C)C. The summed E-state index contributed by atoms with van der Waals surface area (Å²) in [4.78, 5) is 14.4. The number of rotatable bonds is 9. The van der Waals surface area contributed by atoms with Gasteiger partial charge < -0.3 is 20.3 Å². The number of allylic oxidation sites excluding steroid dienone is 1. The summed E-state index contributed by atoms with van der Waals surface area (Å²) in [6.07, 6.45) is -3.63. The molecule has 0 bridgehead atoms. The summed E-state index contributed by atoms with van der Waals surface area (Å²) in [5.41, 5.74) is -0.0664. The van der Waals surface area contributed by atoms with Gasteiger partial charge in [0.1, 0.15) is 10.6 Å². The molecule has 0 amide bonds.